The Labute approximate surface area is 212 Å². The summed E-state index contributed by atoms with van der Waals surface area (Å²) in [6, 6.07) is 11.1. The van der Waals surface area contributed by atoms with Crippen LogP contribution < -0.4 is 10.6 Å². The molecule has 0 spiro atoms. The first-order chi connectivity index (χ1) is 17.7. The van der Waals surface area contributed by atoms with Crippen molar-refractivity contribution in [1.82, 2.24) is 9.80 Å². The first-order valence-electron chi connectivity index (χ1n) is 13.2. The predicted molar refractivity (Wildman–Crippen MR) is 140 cm³/mol. The summed E-state index contributed by atoms with van der Waals surface area (Å²) in [4.78, 5) is 32.0. The van der Waals surface area contributed by atoms with Gasteiger partial charge in [-0.3, -0.25) is 19.4 Å². The number of morpholine rings is 2. The third kappa shape index (κ3) is 5.62. The molecule has 5 rings (SSSR count). The molecule has 0 atom stereocenters. The maximum atomic E-state index is 13.6. The van der Waals surface area contributed by atoms with Gasteiger partial charge in [0, 0.05) is 61.8 Å². The van der Waals surface area contributed by atoms with Gasteiger partial charge >= 0.3 is 0 Å². The highest BCUT2D eigenvalue weighted by atomic mass is 16.5. The lowest BCUT2D eigenvalue weighted by Crippen LogP contribution is -2.37. The number of anilines is 2. The second-order valence-corrected chi connectivity index (χ2v) is 9.58. The summed E-state index contributed by atoms with van der Waals surface area (Å²) in [5, 5.41) is 6.84. The summed E-state index contributed by atoms with van der Waals surface area (Å²) in [5.41, 5.74) is 3.42. The molecule has 2 heterocycles. The Kier molecular flexibility index (Phi) is 8.28. The fraction of sp³-hybridized carbons (Fsp3) is 0.500. The van der Waals surface area contributed by atoms with Crippen LogP contribution in [0.15, 0.2) is 36.4 Å². The minimum absolute atomic E-state index is 0.0900. The second kappa shape index (κ2) is 12.0. The number of hydrogen-bond donors (Lipinski definition) is 2. The van der Waals surface area contributed by atoms with Crippen LogP contribution in [0.4, 0.5) is 11.4 Å². The van der Waals surface area contributed by atoms with Gasteiger partial charge < -0.3 is 20.1 Å². The minimum Gasteiger partial charge on any atom is -0.384 e. The van der Waals surface area contributed by atoms with Crippen LogP contribution in [-0.4, -0.2) is 100 Å². The molecule has 2 aromatic rings. The molecule has 0 aromatic heterocycles. The van der Waals surface area contributed by atoms with Crippen molar-refractivity contribution >= 4 is 22.9 Å². The Morgan fingerprint density at radius 3 is 1.47 bits per heavy atom. The highest BCUT2D eigenvalue weighted by Crippen LogP contribution is 2.35. The van der Waals surface area contributed by atoms with Crippen molar-refractivity contribution in [1.29, 1.82) is 0 Å². The number of benzene rings is 2. The first-order valence-corrected chi connectivity index (χ1v) is 13.2. The van der Waals surface area contributed by atoms with Gasteiger partial charge in [-0.05, 0) is 38.1 Å². The van der Waals surface area contributed by atoms with E-state index in [4.69, 9.17) is 9.47 Å². The number of ketones is 2. The van der Waals surface area contributed by atoms with Crippen LogP contribution in [0.1, 0.15) is 44.7 Å². The quantitative estimate of drug-likeness (QED) is 0.418. The molecule has 1 aliphatic carbocycles. The topological polar surface area (TPSA) is 83.1 Å². The Morgan fingerprint density at radius 1 is 0.639 bits per heavy atom. The van der Waals surface area contributed by atoms with Crippen LogP contribution in [0.2, 0.25) is 0 Å². The van der Waals surface area contributed by atoms with Crippen LogP contribution in [0, 0.1) is 0 Å². The second-order valence-electron chi connectivity index (χ2n) is 9.58. The van der Waals surface area contributed by atoms with E-state index in [1.54, 1.807) is 12.1 Å². The number of ether oxygens (including phenoxy) is 2. The third-order valence-electron chi connectivity index (χ3n) is 7.21. The number of carbonyl (C=O) groups excluding carboxylic acids is 2. The number of nitrogens with zero attached hydrogens (tertiary/aromatic N) is 2. The molecule has 8 nitrogen and oxygen atoms in total. The SMILES string of the molecule is O=C1c2cccc(NCCCN3CCOCC3)c2C(=O)c2cccc(NCCCN3CCOCC3)c21. The van der Waals surface area contributed by atoms with Crippen LogP contribution in [0.3, 0.4) is 0 Å². The highest BCUT2D eigenvalue weighted by Gasteiger charge is 2.33. The Hall–Kier alpha value is -2.78. The highest BCUT2D eigenvalue weighted by molar-refractivity contribution is 6.31. The summed E-state index contributed by atoms with van der Waals surface area (Å²) >= 11 is 0. The molecule has 8 heteroatoms. The standard InChI is InChI=1S/C28H36N4O4/c33-27-21-5-1-7-23(29-9-3-11-31-13-17-35-18-14-31)25(21)28(34)22-6-2-8-24(26(22)27)30-10-4-12-32-15-19-36-20-16-32/h1-2,5-8,29-30H,3-4,9-20H2. The molecule has 0 amide bonds. The van der Waals surface area contributed by atoms with Crippen LogP contribution in [-0.2, 0) is 9.47 Å². The maximum Gasteiger partial charge on any atom is 0.196 e. The van der Waals surface area contributed by atoms with Crippen LogP contribution >= 0.6 is 0 Å². The predicted octanol–water partition coefficient (Wildman–Crippen LogP) is 2.73. The normalized spacial score (nSPS) is 18.6. The smallest absolute Gasteiger partial charge is 0.196 e. The number of rotatable bonds is 10. The zero-order chi connectivity index (χ0) is 24.7. The van der Waals surface area contributed by atoms with Crippen LogP contribution in [0.25, 0.3) is 0 Å². The van der Waals surface area contributed by atoms with Crippen molar-refractivity contribution in [3.8, 4) is 0 Å². The molecule has 0 radical (unpaired) electrons. The average Bonchev–Trinajstić information content (AvgIpc) is 2.93. The average molecular weight is 493 g/mol. The number of hydrogen-bond acceptors (Lipinski definition) is 8. The molecule has 2 N–H and O–H groups in total. The lowest BCUT2D eigenvalue weighted by Gasteiger charge is -2.27. The molecule has 0 saturated carbocycles. The summed E-state index contributed by atoms with van der Waals surface area (Å²) in [7, 11) is 0. The van der Waals surface area contributed by atoms with Crippen molar-refractivity contribution in [2.75, 3.05) is 89.4 Å². The molecule has 192 valence electrons. The molecule has 0 bridgehead atoms. The Bertz CT molecular complexity index is 992. The maximum absolute atomic E-state index is 13.6. The van der Waals surface area contributed by atoms with Crippen LogP contribution in [0.5, 0.6) is 0 Å². The zero-order valence-corrected chi connectivity index (χ0v) is 20.9. The van der Waals surface area contributed by atoms with Gasteiger partial charge in [0.2, 0.25) is 0 Å². The van der Waals surface area contributed by atoms with Gasteiger partial charge in [0.15, 0.2) is 11.6 Å². The van der Waals surface area contributed by atoms with Crippen molar-refractivity contribution in [3.63, 3.8) is 0 Å². The van der Waals surface area contributed by atoms with Gasteiger partial charge in [-0.15, -0.1) is 0 Å². The van der Waals surface area contributed by atoms with Crippen molar-refractivity contribution in [3.05, 3.63) is 58.7 Å². The summed E-state index contributed by atoms with van der Waals surface area (Å²) < 4.78 is 10.8. The van der Waals surface area contributed by atoms with Gasteiger partial charge in [-0.2, -0.15) is 0 Å². The molecular formula is C28H36N4O4. The third-order valence-corrected chi connectivity index (χ3v) is 7.21. The Balaban J connectivity index is 1.23. The molecular weight excluding hydrogens is 456 g/mol. The van der Waals surface area contributed by atoms with Crippen molar-refractivity contribution in [2.24, 2.45) is 0 Å². The zero-order valence-electron chi connectivity index (χ0n) is 20.9. The molecule has 2 aliphatic heterocycles. The van der Waals surface area contributed by atoms with Gasteiger partial charge in [0.05, 0.1) is 37.6 Å². The lowest BCUT2D eigenvalue weighted by molar-refractivity contribution is 0.0378. The van der Waals surface area contributed by atoms with E-state index in [0.717, 1.165) is 103 Å². The van der Waals surface area contributed by atoms with Gasteiger partial charge in [-0.25, -0.2) is 0 Å². The van der Waals surface area contributed by atoms with E-state index in [0.29, 0.717) is 22.3 Å². The van der Waals surface area contributed by atoms with E-state index in [1.165, 1.54) is 0 Å². The fourth-order valence-electron chi connectivity index (χ4n) is 5.24. The molecule has 2 fully saturated rings. The molecule has 0 unspecified atom stereocenters. The number of carbonyl (C=O) groups is 2. The van der Waals surface area contributed by atoms with Gasteiger partial charge in [-0.1, -0.05) is 24.3 Å². The van der Waals surface area contributed by atoms with E-state index < -0.39 is 0 Å². The van der Waals surface area contributed by atoms with E-state index in [2.05, 4.69) is 20.4 Å². The number of nitrogens with one attached hydrogen (secondary N) is 2. The minimum atomic E-state index is -0.0900. The number of fused-ring (bicyclic) bond motifs is 2. The Morgan fingerprint density at radius 2 is 1.06 bits per heavy atom. The summed E-state index contributed by atoms with van der Waals surface area (Å²) in [5.74, 6) is -0.180. The largest absolute Gasteiger partial charge is 0.384 e. The van der Waals surface area contributed by atoms with Gasteiger partial charge in [0.25, 0.3) is 0 Å². The van der Waals surface area contributed by atoms with E-state index >= 15 is 0 Å². The van der Waals surface area contributed by atoms with Crippen molar-refractivity contribution in [2.45, 2.75) is 12.8 Å². The molecule has 2 saturated heterocycles. The molecule has 2 aromatic carbocycles. The lowest BCUT2D eigenvalue weighted by atomic mass is 9.82. The molecule has 3 aliphatic rings. The summed E-state index contributed by atoms with van der Waals surface area (Å²) in [6.45, 7) is 10.5. The molecule has 36 heavy (non-hydrogen) atoms. The summed E-state index contributed by atoms with van der Waals surface area (Å²) in [6.07, 6.45) is 1.92. The van der Waals surface area contributed by atoms with E-state index in [9.17, 15) is 9.59 Å². The van der Waals surface area contributed by atoms with E-state index in [1.807, 2.05) is 24.3 Å². The fourth-order valence-corrected chi connectivity index (χ4v) is 5.24. The first kappa shape index (κ1) is 24.9. The monoisotopic (exact) mass is 492 g/mol. The van der Waals surface area contributed by atoms with Gasteiger partial charge in [0.1, 0.15) is 0 Å². The van der Waals surface area contributed by atoms with E-state index in [-0.39, 0.29) is 11.6 Å². The van der Waals surface area contributed by atoms with Crippen molar-refractivity contribution < 1.29 is 19.1 Å².